The van der Waals surface area contributed by atoms with E-state index in [1.165, 1.54) is 0 Å². The second kappa shape index (κ2) is 5.57. The Bertz CT molecular complexity index is 653. The van der Waals surface area contributed by atoms with Crippen LogP contribution in [0.15, 0.2) is 36.8 Å². The topological polar surface area (TPSA) is 67.6 Å². The first-order valence-electron chi connectivity index (χ1n) is 6.80. The smallest absolute Gasteiger partial charge is 0.325 e. The van der Waals surface area contributed by atoms with Gasteiger partial charge in [-0.1, -0.05) is 18.2 Å². The van der Waals surface area contributed by atoms with E-state index in [2.05, 4.69) is 4.98 Å². The maximum absolute atomic E-state index is 11.8. The van der Waals surface area contributed by atoms with E-state index in [0.29, 0.717) is 31.0 Å². The number of carbonyl (C=O) groups is 1. The Hall–Kier alpha value is -2.34. The standard InChI is InChI=1S/C15H17N3O3/c1-17-10-16-8-11(17)9-18-6-7-21-13-5-3-2-4-12(13)14(18)15(19)20/h2-5,8,10,14H,6-7,9H2,1H3,(H,19,20)/t14-/m1/s1. The third-order valence-corrected chi connectivity index (χ3v) is 3.73. The van der Waals surface area contributed by atoms with Crippen LogP contribution < -0.4 is 4.74 Å². The minimum atomic E-state index is -0.866. The van der Waals surface area contributed by atoms with Gasteiger partial charge in [0.2, 0.25) is 0 Å². The molecule has 6 nitrogen and oxygen atoms in total. The summed E-state index contributed by atoms with van der Waals surface area (Å²) in [4.78, 5) is 17.8. The summed E-state index contributed by atoms with van der Waals surface area (Å²) < 4.78 is 7.58. The van der Waals surface area contributed by atoms with Gasteiger partial charge >= 0.3 is 5.97 Å². The number of rotatable bonds is 3. The molecule has 0 aliphatic carbocycles. The molecule has 21 heavy (non-hydrogen) atoms. The fourth-order valence-electron chi connectivity index (χ4n) is 2.64. The number of aliphatic carboxylic acids is 1. The third kappa shape index (κ3) is 2.62. The second-order valence-corrected chi connectivity index (χ2v) is 5.09. The molecule has 1 aromatic heterocycles. The molecule has 1 aromatic carbocycles. The Labute approximate surface area is 122 Å². The first kappa shape index (κ1) is 13.6. The normalized spacial score (nSPS) is 18.6. The molecule has 2 aromatic rings. The Morgan fingerprint density at radius 2 is 2.29 bits per heavy atom. The molecule has 0 saturated carbocycles. The van der Waals surface area contributed by atoms with Crippen LogP contribution in [0.2, 0.25) is 0 Å². The summed E-state index contributed by atoms with van der Waals surface area (Å²) in [5.74, 6) is -0.215. The fraction of sp³-hybridized carbons (Fsp3) is 0.333. The predicted octanol–water partition coefficient (Wildman–Crippen LogP) is 1.44. The number of hydrogen-bond donors (Lipinski definition) is 1. The van der Waals surface area contributed by atoms with Gasteiger partial charge in [0.1, 0.15) is 18.4 Å². The highest BCUT2D eigenvalue weighted by molar-refractivity contribution is 5.76. The highest BCUT2D eigenvalue weighted by atomic mass is 16.5. The fourth-order valence-corrected chi connectivity index (χ4v) is 2.64. The molecule has 110 valence electrons. The lowest BCUT2D eigenvalue weighted by Crippen LogP contribution is -2.35. The van der Waals surface area contributed by atoms with Crippen molar-refractivity contribution in [2.75, 3.05) is 13.2 Å². The van der Waals surface area contributed by atoms with Gasteiger partial charge in [-0.3, -0.25) is 9.69 Å². The number of ether oxygens (including phenoxy) is 1. The summed E-state index contributed by atoms with van der Waals surface area (Å²) in [6.07, 6.45) is 3.48. The highest BCUT2D eigenvalue weighted by Gasteiger charge is 2.32. The molecule has 1 aliphatic rings. The van der Waals surface area contributed by atoms with Crippen LogP contribution in [0.1, 0.15) is 17.3 Å². The number of carboxylic acid groups (broad SMARTS) is 1. The molecule has 0 amide bonds. The molecule has 0 fully saturated rings. The van der Waals surface area contributed by atoms with Crippen molar-refractivity contribution in [3.63, 3.8) is 0 Å². The molecular formula is C15H17N3O3. The van der Waals surface area contributed by atoms with Crippen molar-refractivity contribution in [2.24, 2.45) is 7.05 Å². The van der Waals surface area contributed by atoms with Gasteiger partial charge in [-0.05, 0) is 6.07 Å². The zero-order valence-corrected chi connectivity index (χ0v) is 11.8. The number of nitrogens with zero attached hydrogens (tertiary/aromatic N) is 3. The van der Waals surface area contributed by atoms with Gasteiger partial charge in [0.15, 0.2) is 0 Å². The first-order valence-corrected chi connectivity index (χ1v) is 6.80. The molecule has 6 heteroatoms. The predicted molar refractivity (Wildman–Crippen MR) is 75.9 cm³/mol. The summed E-state index contributed by atoms with van der Waals surface area (Å²) in [5.41, 5.74) is 1.67. The molecule has 0 bridgehead atoms. The van der Waals surface area contributed by atoms with Gasteiger partial charge in [0.05, 0.1) is 12.0 Å². The van der Waals surface area contributed by atoms with Crippen molar-refractivity contribution in [3.05, 3.63) is 48.0 Å². The molecule has 3 rings (SSSR count). The molecule has 2 heterocycles. The molecule has 1 N–H and O–H groups in total. The summed E-state index contributed by atoms with van der Waals surface area (Å²) in [6, 6.07) is 6.62. The number of carboxylic acids is 1. The van der Waals surface area contributed by atoms with Gasteiger partial charge in [-0.25, -0.2) is 4.98 Å². The Kier molecular flexibility index (Phi) is 3.62. The molecular weight excluding hydrogens is 270 g/mol. The van der Waals surface area contributed by atoms with E-state index in [0.717, 1.165) is 5.69 Å². The summed E-state index contributed by atoms with van der Waals surface area (Å²) in [6.45, 7) is 1.54. The molecule has 0 saturated heterocycles. The van der Waals surface area contributed by atoms with Crippen LogP contribution in [-0.4, -0.2) is 38.7 Å². The Balaban J connectivity index is 1.96. The van der Waals surface area contributed by atoms with E-state index in [9.17, 15) is 9.90 Å². The minimum absolute atomic E-state index is 0.471. The quantitative estimate of drug-likeness (QED) is 0.925. The van der Waals surface area contributed by atoms with E-state index in [-0.39, 0.29) is 0 Å². The molecule has 0 spiro atoms. The number of imidazole rings is 1. The van der Waals surface area contributed by atoms with Gasteiger partial charge in [0, 0.05) is 31.9 Å². The number of hydrogen-bond acceptors (Lipinski definition) is 4. The maximum Gasteiger partial charge on any atom is 0.325 e. The van der Waals surface area contributed by atoms with Gasteiger partial charge < -0.3 is 14.4 Å². The van der Waals surface area contributed by atoms with Crippen LogP contribution in [0, 0.1) is 0 Å². The van der Waals surface area contributed by atoms with E-state index in [4.69, 9.17) is 4.74 Å². The van der Waals surface area contributed by atoms with E-state index in [1.807, 2.05) is 40.8 Å². The number of para-hydroxylation sites is 1. The largest absolute Gasteiger partial charge is 0.492 e. The monoisotopic (exact) mass is 287 g/mol. The lowest BCUT2D eigenvalue weighted by Gasteiger charge is -2.26. The average molecular weight is 287 g/mol. The zero-order valence-electron chi connectivity index (χ0n) is 11.8. The van der Waals surface area contributed by atoms with Gasteiger partial charge in [0.25, 0.3) is 0 Å². The van der Waals surface area contributed by atoms with Gasteiger partial charge in [-0.2, -0.15) is 0 Å². The van der Waals surface area contributed by atoms with E-state index < -0.39 is 12.0 Å². The van der Waals surface area contributed by atoms with Crippen LogP contribution >= 0.6 is 0 Å². The number of benzene rings is 1. The van der Waals surface area contributed by atoms with E-state index in [1.54, 1.807) is 12.5 Å². The van der Waals surface area contributed by atoms with Crippen LogP contribution in [0.4, 0.5) is 0 Å². The lowest BCUT2D eigenvalue weighted by atomic mass is 10.0. The van der Waals surface area contributed by atoms with Crippen LogP contribution in [-0.2, 0) is 18.4 Å². The maximum atomic E-state index is 11.8. The van der Waals surface area contributed by atoms with Crippen molar-refractivity contribution < 1.29 is 14.6 Å². The minimum Gasteiger partial charge on any atom is -0.492 e. The number of fused-ring (bicyclic) bond motifs is 1. The first-order chi connectivity index (χ1) is 10.2. The molecule has 1 aliphatic heterocycles. The van der Waals surface area contributed by atoms with Crippen LogP contribution in [0.3, 0.4) is 0 Å². The third-order valence-electron chi connectivity index (χ3n) is 3.73. The van der Waals surface area contributed by atoms with Gasteiger partial charge in [-0.15, -0.1) is 0 Å². The van der Waals surface area contributed by atoms with E-state index >= 15 is 0 Å². The molecule has 0 unspecified atom stereocenters. The van der Waals surface area contributed by atoms with Crippen LogP contribution in [0.25, 0.3) is 0 Å². The van der Waals surface area contributed by atoms with Crippen LogP contribution in [0.5, 0.6) is 5.75 Å². The molecule has 1 atom stereocenters. The van der Waals surface area contributed by atoms with Crippen molar-refractivity contribution >= 4 is 5.97 Å². The molecule has 0 radical (unpaired) electrons. The average Bonchev–Trinajstić information content (AvgIpc) is 2.76. The summed E-state index contributed by atoms with van der Waals surface area (Å²) in [5, 5.41) is 9.66. The highest BCUT2D eigenvalue weighted by Crippen LogP contribution is 2.32. The Morgan fingerprint density at radius 3 is 3.00 bits per heavy atom. The SMILES string of the molecule is Cn1cncc1CN1CCOc2ccccc2[C@@H]1C(=O)O. The summed E-state index contributed by atoms with van der Waals surface area (Å²) >= 11 is 0. The van der Waals surface area contributed by atoms with Crippen molar-refractivity contribution in [3.8, 4) is 5.75 Å². The summed E-state index contributed by atoms with van der Waals surface area (Å²) in [7, 11) is 1.90. The number of aromatic nitrogens is 2. The van der Waals surface area contributed by atoms with Crippen molar-refractivity contribution in [2.45, 2.75) is 12.6 Å². The Morgan fingerprint density at radius 1 is 1.48 bits per heavy atom. The van der Waals surface area contributed by atoms with Crippen molar-refractivity contribution in [1.29, 1.82) is 0 Å². The number of aryl methyl sites for hydroxylation is 1. The second-order valence-electron chi connectivity index (χ2n) is 5.09. The lowest BCUT2D eigenvalue weighted by molar-refractivity contribution is -0.143. The van der Waals surface area contributed by atoms with Crippen molar-refractivity contribution in [1.82, 2.24) is 14.5 Å². The zero-order chi connectivity index (χ0) is 14.8.